The minimum absolute atomic E-state index is 0.114. The van der Waals surface area contributed by atoms with Crippen molar-refractivity contribution in [2.24, 2.45) is 0 Å². The molecule has 0 aliphatic carbocycles. The molecule has 3 aromatic rings. The van der Waals surface area contributed by atoms with Crippen molar-refractivity contribution in [2.75, 3.05) is 0 Å². The molecule has 0 bridgehead atoms. The molecule has 0 spiro atoms. The average molecular weight is 362 g/mol. The van der Waals surface area contributed by atoms with Gasteiger partial charge in [0.1, 0.15) is 4.83 Å². The Morgan fingerprint density at radius 2 is 2.25 bits per heavy atom. The van der Waals surface area contributed by atoms with Crippen LogP contribution in [0.15, 0.2) is 46.8 Å². The molecule has 1 unspecified atom stereocenters. The van der Waals surface area contributed by atoms with Crippen molar-refractivity contribution in [1.82, 2.24) is 14.9 Å². The lowest BCUT2D eigenvalue weighted by molar-refractivity contribution is -0.121. The second kappa shape index (κ2) is 7.15. The van der Waals surface area contributed by atoms with Crippen LogP contribution >= 0.6 is 22.9 Å². The molecule has 7 heteroatoms. The van der Waals surface area contributed by atoms with E-state index in [2.05, 4.69) is 10.3 Å². The SMILES string of the molecule is CC(NC(=O)CCn1cnc2sccc2c1=O)c1cccc(Cl)c1. The Morgan fingerprint density at radius 3 is 3.04 bits per heavy atom. The minimum Gasteiger partial charge on any atom is -0.350 e. The van der Waals surface area contributed by atoms with E-state index in [1.54, 1.807) is 12.1 Å². The molecular weight excluding hydrogens is 346 g/mol. The van der Waals surface area contributed by atoms with Crippen LogP contribution < -0.4 is 10.9 Å². The number of nitrogens with one attached hydrogen (secondary N) is 1. The topological polar surface area (TPSA) is 64.0 Å². The van der Waals surface area contributed by atoms with Gasteiger partial charge in [0.2, 0.25) is 5.91 Å². The number of aryl methyl sites for hydroxylation is 1. The third kappa shape index (κ3) is 3.66. The van der Waals surface area contributed by atoms with Gasteiger partial charge in [0, 0.05) is 18.0 Å². The second-order valence-electron chi connectivity index (χ2n) is 5.48. The molecular formula is C17H16ClN3O2S. The first-order valence-electron chi connectivity index (χ1n) is 7.52. The number of nitrogens with zero attached hydrogens (tertiary/aromatic N) is 2. The number of halogens is 1. The van der Waals surface area contributed by atoms with Crippen molar-refractivity contribution >= 4 is 39.1 Å². The van der Waals surface area contributed by atoms with Crippen LogP contribution in [0.1, 0.15) is 24.9 Å². The molecule has 1 atom stereocenters. The summed E-state index contributed by atoms with van der Waals surface area (Å²) in [4.78, 5) is 29.3. The average Bonchev–Trinajstić information content (AvgIpc) is 3.03. The monoisotopic (exact) mass is 361 g/mol. The van der Waals surface area contributed by atoms with Crippen LogP contribution in [0.5, 0.6) is 0 Å². The standard InChI is InChI=1S/C17H16ClN3O2S/c1-11(12-3-2-4-13(18)9-12)20-15(22)5-7-21-10-19-16-14(17(21)23)6-8-24-16/h2-4,6,8-11H,5,7H2,1H3,(H,20,22). The maximum atomic E-state index is 12.3. The molecule has 124 valence electrons. The highest BCUT2D eigenvalue weighted by atomic mass is 35.5. The van der Waals surface area contributed by atoms with E-state index in [4.69, 9.17) is 11.6 Å². The van der Waals surface area contributed by atoms with Gasteiger partial charge < -0.3 is 5.32 Å². The first-order chi connectivity index (χ1) is 11.5. The molecule has 0 fully saturated rings. The highest BCUT2D eigenvalue weighted by Crippen LogP contribution is 2.17. The van der Waals surface area contributed by atoms with E-state index in [-0.39, 0.29) is 23.9 Å². The van der Waals surface area contributed by atoms with Gasteiger partial charge in [0.15, 0.2) is 0 Å². The molecule has 0 aliphatic heterocycles. The largest absolute Gasteiger partial charge is 0.350 e. The maximum absolute atomic E-state index is 12.3. The Balaban J connectivity index is 1.62. The predicted molar refractivity (Wildman–Crippen MR) is 96.5 cm³/mol. The zero-order chi connectivity index (χ0) is 17.1. The van der Waals surface area contributed by atoms with Crippen LogP contribution in [0.4, 0.5) is 0 Å². The smallest absolute Gasteiger partial charge is 0.262 e. The van der Waals surface area contributed by atoms with Gasteiger partial charge in [-0.25, -0.2) is 4.98 Å². The lowest BCUT2D eigenvalue weighted by atomic mass is 10.1. The van der Waals surface area contributed by atoms with Gasteiger partial charge >= 0.3 is 0 Å². The highest BCUT2D eigenvalue weighted by molar-refractivity contribution is 7.16. The Hall–Kier alpha value is -2.18. The molecule has 1 aromatic carbocycles. The van der Waals surface area contributed by atoms with E-state index in [1.807, 2.05) is 30.5 Å². The molecule has 0 radical (unpaired) electrons. The summed E-state index contributed by atoms with van der Waals surface area (Å²) in [6.45, 7) is 2.19. The van der Waals surface area contributed by atoms with Crippen LogP contribution in [0.25, 0.3) is 10.2 Å². The molecule has 2 aromatic heterocycles. The predicted octanol–water partition coefficient (Wildman–Crippen LogP) is 3.38. The molecule has 5 nitrogen and oxygen atoms in total. The zero-order valence-corrected chi connectivity index (χ0v) is 14.6. The lowest BCUT2D eigenvalue weighted by Crippen LogP contribution is -2.29. The normalized spacial score (nSPS) is 12.2. The summed E-state index contributed by atoms with van der Waals surface area (Å²) in [5.41, 5.74) is 0.825. The molecule has 0 saturated carbocycles. The van der Waals surface area contributed by atoms with Crippen molar-refractivity contribution in [3.63, 3.8) is 0 Å². The number of rotatable bonds is 5. The highest BCUT2D eigenvalue weighted by Gasteiger charge is 2.11. The van der Waals surface area contributed by atoms with Crippen LogP contribution in [0.2, 0.25) is 5.02 Å². The summed E-state index contributed by atoms with van der Waals surface area (Å²) in [5, 5.41) is 5.98. The molecule has 1 amide bonds. The number of hydrogen-bond acceptors (Lipinski definition) is 4. The number of aromatic nitrogens is 2. The van der Waals surface area contributed by atoms with Crippen LogP contribution in [-0.4, -0.2) is 15.5 Å². The fourth-order valence-electron chi connectivity index (χ4n) is 2.45. The fraction of sp³-hybridized carbons (Fsp3) is 0.235. The minimum atomic E-state index is -0.148. The van der Waals surface area contributed by atoms with Gasteiger partial charge in [-0.3, -0.25) is 14.2 Å². The van der Waals surface area contributed by atoms with Gasteiger partial charge in [-0.1, -0.05) is 23.7 Å². The van der Waals surface area contributed by atoms with Crippen molar-refractivity contribution in [1.29, 1.82) is 0 Å². The van der Waals surface area contributed by atoms with Crippen molar-refractivity contribution in [3.8, 4) is 0 Å². The summed E-state index contributed by atoms with van der Waals surface area (Å²) in [6, 6.07) is 8.99. The molecule has 1 N–H and O–H groups in total. The Kier molecular flexibility index (Phi) is 4.97. The molecule has 3 rings (SSSR count). The van der Waals surface area contributed by atoms with Gasteiger partial charge in [0.05, 0.1) is 17.8 Å². The molecule has 2 heterocycles. The number of amides is 1. The first-order valence-corrected chi connectivity index (χ1v) is 8.78. The van der Waals surface area contributed by atoms with Crippen molar-refractivity contribution in [3.05, 3.63) is 63.0 Å². The van der Waals surface area contributed by atoms with Crippen molar-refractivity contribution < 1.29 is 4.79 Å². The van der Waals surface area contributed by atoms with E-state index in [9.17, 15) is 9.59 Å². The number of benzene rings is 1. The number of fused-ring (bicyclic) bond motifs is 1. The Bertz CT molecular complexity index is 935. The zero-order valence-electron chi connectivity index (χ0n) is 13.0. The molecule has 0 aliphatic rings. The second-order valence-corrected chi connectivity index (χ2v) is 6.81. The van der Waals surface area contributed by atoms with Crippen LogP contribution in [0.3, 0.4) is 0 Å². The van der Waals surface area contributed by atoms with Crippen molar-refractivity contribution in [2.45, 2.75) is 25.9 Å². The number of carbonyl (C=O) groups excluding carboxylic acids is 1. The van der Waals surface area contributed by atoms with E-state index in [0.29, 0.717) is 17.0 Å². The molecule has 24 heavy (non-hydrogen) atoms. The number of thiophene rings is 1. The lowest BCUT2D eigenvalue weighted by Gasteiger charge is -2.15. The Labute approximate surface area is 147 Å². The first kappa shape index (κ1) is 16.7. The Morgan fingerprint density at radius 1 is 1.42 bits per heavy atom. The summed E-state index contributed by atoms with van der Waals surface area (Å²) >= 11 is 7.39. The number of carbonyl (C=O) groups is 1. The maximum Gasteiger partial charge on any atom is 0.262 e. The quantitative estimate of drug-likeness (QED) is 0.757. The summed E-state index contributed by atoms with van der Waals surface area (Å²) in [7, 11) is 0. The van der Waals surface area contributed by atoms with E-state index < -0.39 is 0 Å². The summed E-state index contributed by atoms with van der Waals surface area (Å²) < 4.78 is 1.47. The third-order valence-corrected chi connectivity index (χ3v) is 4.81. The van der Waals surface area contributed by atoms with E-state index >= 15 is 0 Å². The van der Waals surface area contributed by atoms with E-state index in [1.165, 1.54) is 22.2 Å². The van der Waals surface area contributed by atoms with E-state index in [0.717, 1.165) is 10.4 Å². The van der Waals surface area contributed by atoms with Gasteiger partial charge in [-0.05, 0) is 36.1 Å². The van der Waals surface area contributed by atoms with Crippen LogP contribution in [0, 0.1) is 0 Å². The summed E-state index contributed by atoms with van der Waals surface area (Å²) in [5.74, 6) is -0.125. The van der Waals surface area contributed by atoms with Gasteiger partial charge in [-0.2, -0.15) is 0 Å². The third-order valence-electron chi connectivity index (χ3n) is 3.76. The fourth-order valence-corrected chi connectivity index (χ4v) is 3.37. The van der Waals surface area contributed by atoms with Gasteiger partial charge in [-0.15, -0.1) is 11.3 Å². The summed E-state index contributed by atoms with van der Waals surface area (Å²) in [6.07, 6.45) is 1.71. The van der Waals surface area contributed by atoms with Gasteiger partial charge in [0.25, 0.3) is 5.56 Å². The molecule has 0 saturated heterocycles. The number of hydrogen-bond donors (Lipinski definition) is 1. The van der Waals surface area contributed by atoms with Crippen LogP contribution in [-0.2, 0) is 11.3 Å².